The second-order valence-corrected chi connectivity index (χ2v) is 5.82. The topological polar surface area (TPSA) is 12.0 Å². The fraction of sp³-hybridized carbons (Fsp3) is 1.00. The molecule has 0 aromatic heterocycles. The van der Waals surface area contributed by atoms with E-state index in [9.17, 15) is 0 Å². The average Bonchev–Trinajstić information content (AvgIpc) is 2.91. The molecule has 1 heteroatoms. The van der Waals surface area contributed by atoms with Crippen LogP contribution in [0.15, 0.2) is 0 Å². The zero-order chi connectivity index (χ0) is 10.5. The van der Waals surface area contributed by atoms with Crippen LogP contribution in [0.1, 0.15) is 64.7 Å². The zero-order valence-electron chi connectivity index (χ0n) is 10.3. The van der Waals surface area contributed by atoms with Gasteiger partial charge >= 0.3 is 0 Å². The van der Waals surface area contributed by atoms with Crippen molar-refractivity contribution in [3.05, 3.63) is 0 Å². The molecule has 2 aliphatic carbocycles. The Labute approximate surface area is 95.0 Å². The molecular weight excluding hydrogens is 182 g/mol. The zero-order valence-corrected chi connectivity index (χ0v) is 10.3. The molecule has 0 saturated heterocycles. The minimum atomic E-state index is 0.754. The van der Waals surface area contributed by atoms with Crippen molar-refractivity contribution in [3.8, 4) is 0 Å². The summed E-state index contributed by atoms with van der Waals surface area (Å²) in [6.07, 6.45) is 13.3. The molecule has 0 spiro atoms. The molecule has 1 unspecified atom stereocenters. The van der Waals surface area contributed by atoms with Gasteiger partial charge in [-0.25, -0.2) is 0 Å². The third-order valence-electron chi connectivity index (χ3n) is 4.22. The first-order chi connectivity index (χ1) is 7.34. The number of nitrogens with one attached hydrogen (secondary N) is 1. The Balaban J connectivity index is 1.45. The molecule has 0 aromatic rings. The van der Waals surface area contributed by atoms with Crippen LogP contribution in [-0.2, 0) is 0 Å². The maximum atomic E-state index is 3.68. The van der Waals surface area contributed by atoms with Gasteiger partial charge in [0.2, 0.25) is 0 Å². The van der Waals surface area contributed by atoms with Gasteiger partial charge in [0, 0.05) is 6.04 Å². The number of rotatable bonds is 7. The van der Waals surface area contributed by atoms with Crippen LogP contribution in [0, 0.1) is 11.8 Å². The minimum Gasteiger partial charge on any atom is -0.314 e. The van der Waals surface area contributed by atoms with Crippen molar-refractivity contribution in [2.45, 2.75) is 70.8 Å². The fourth-order valence-corrected chi connectivity index (χ4v) is 2.83. The highest BCUT2D eigenvalue weighted by molar-refractivity contribution is 4.75. The Hall–Kier alpha value is -0.0400. The molecule has 0 bridgehead atoms. The summed E-state index contributed by atoms with van der Waals surface area (Å²) in [5, 5.41) is 3.68. The van der Waals surface area contributed by atoms with E-state index in [2.05, 4.69) is 12.2 Å². The molecule has 2 rings (SSSR count). The van der Waals surface area contributed by atoms with Gasteiger partial charge in [-0.05, 0) is 44.6 Å². The van der Waals surface area contributed by atoms with Gasteiger partial charge in [0.15, 0.2) is 0 Å². The molecule has 0 radical (unpaired) electrons. The van der Waals surface area contributed by atoms with Gasteiger partial charge in [0.1, 0.15) is 0 Å². The number of hydrogen-bond acceptors (Lipinski definition) is 1. The van der Waals surface area contributed by atoms with E-state index in [0.717, 1.165) is 17.9 Å². The Morgan fingerprint density at radius 2 is 1.67 bits per heavy atom. The molecule has 1 nitrogen and oxygen atoms in total. The van der Waals surface area contributed by atoms with E-state index in [0.29, 0.717) is 0 Å². The van der Waals surface area contributed by atoms with Crippen LogP contribution in [0.2, 0.25) is 0 Å². The van der Waals surface area contributed by atoms with Gasteiger partial charge in [-0.1, -0.05) is 38.5 Å². The van der Waals surface area contributed by atoms with Gasteiger partial charge in [-0.3, -0.25) is 0 Å². The second kappa shape index (κ2) is 5.89. The molecule has 0 aromatic carbocycles. The van der Waals surface area contributed by atoms with Gasteiger partial charge in [-0.15, -0.1) is 0 Å². The van der Waals surface area contributed by atoms with E-state index >= 15 is 0 Å². The molecule has 2 aliphatic rings. The predicted molar refractivity (Wildman–Crippen MR) is 66.0 cm³/mol. The summed E-state index contributed by atoms with van der Waals surface area (Å²) in [5.41, 5.74) is 0. The molecule has 0 amide bonds. The van der Waals surface area contributed by atoms with Crippen LogP contribution < -0.4 is 5.32 Å². The summed E-state index contributed by atoms with van der Waals surface area (Å²) in [6, 6.07) is 0.754. The molecule has 88 valence electrons. The Bertz CT molecular complexity index is 168. The van der Waals surface area contributed by atoms with Crippen LogP contribution in [0.4, 0.5) is 0 Å². The largest absolute Gasteiger partial charge is 0.314 e. The lowest BCUT2D eigenvalue weighted by molar-refractivity contribution is 0.416. The van der Waals surface area contributed by atoms with Crippen LogP contribution in [0.25, 0.3) is 0 Å². The van der Waals surface area contributed by atoms with Crippen molar-refractivity contribution >= 4 is 0 Å². The van der Waals surface area contributed by atoms with E-state index in [1.54, 1.807) is 0 Å². The first-order valence-electron chi connectivity index (χ1n) is 7.08. The van der Waals surface area contributed by atoms with E-state index in [4.69, 9.17) is 0 Å². The maximum absolute atomic E-state index is 3.68. The molecule has 2 fully saturated rings. The van der Waals surface area contributed by atoms with Crippen LogP contribution in [-0.4, -0.2) is 12.6 Å². The SMILES string of the molecule is CC(CCC1CCCC1)NCCC1CC1. The third kappa shape index (κ3) is 4.55. The van der Waals surface area contributed by atoms with Crippen LogP contribution in [0.5, 0.6) is 0 Å². The van der Waals surface area contributed by atoms with Crippen molar-refractivity contribution in [1.82, 2.24) is 5.32 Å². The lowest BCUT2D eigenvalue weighted by atomic mass is 9.99. The summed E-state index contributed by atoms with van der Waals surface area (Å²) < 4.78 is 0. The molecule has 0 heterocycles. The predicted octanol–water partition coefficient (Wildman–Crippen LogP) is 3.74. The van der Waals surface area contributed by atoms with Gasteiger partial charge in [-0.2, -0.15) is 0 Å². The first-order valence-corrected chi connectivity index (χ1v) is 7.08. The van der Waals surface area contributed by atoms with E-state index in [-0.39, 0.29) is 0 Å². The summed E-state index contributed by atoms with van der Waals surface area (Å²) in [6.45, 7) is 3.62. The molecule has 15 heavy (non-hydrogen) atoms. The molecule has 0 aliphatic heterocycles. The highest BCUT2D eigenvalue weighted by Gasteiger charge is 2.20. The van der Waals surface area contributed by atoms with Gasteiger partial charge < -0.3 is 5.32 Å². The van der Waals surface area contributed by atoms with Crippen molar-refractivity contribution in [2.75, 3.05) is 6.54 Å². The van der Waals surface area contributed by atoms with E-state index in [1.165, 1.54) is 64.3 Å². The van der Waals surface area contributed by atoms with Crippen molar-refractivity contribution < 1.29 is 0 Å². The lowest BCUT2D eigenvalue weighted by Crippen LogP contribution is -2.27. The normalized spacial score (nSPS) is 24.6. The second-order valence-electron chi connectivity index (χ2n) is 5.82. The highest BCUT2D eigenvalue weighted by Crippen LogP contribution is 2.32. The summed E-state index contributed by atoms with van der Waals surface area (Å²) in [5.74, 6) is 2.15. The maximum Gasteiger partial charge on any atom is 0.00388 e. The highest BCUT2D eigenvalue weighted by atomic mass is 14.9. The number of hydrogen-bond donors (Lipinski definition) is 1. The van der Waals surface area contributed by atoms with E-state index in [1.807, 2.05) is 0 Å². The summed E-state index contributed by atoms with van der Waals surface area (Å²) in [7, 11) is 0. The van der Waals surface area contributed by atoms with Gasteiger partial charge in [0.25, 0.3) is 0 Å². The monoisotopic (exact) mass is 209 g/mol. The molecule has 1 N–H and O–H groups in total. The minimum absolute atomic E-state index is 0.754. The van der Waals surface area contributed by atoms with Gasteiger partial charge in [0.05, 0.1) is 0 Å². The quantitative estimate of drug-likeness (QED) is 0.673. The molecule has 2 saturated carbocycles. The third-order valence-corrected chi connectivity index (χ3v) is 4.22. The molecular formula is C14H27N. The van der Waals surface area contributed by atoms with E-state index < -0.39 is 0 Å². The van der Waals surface area contributed by atoms with Crippen LogP contribution in [0.3, 0.4) is 0 Å². The van der Waals surface area contributed by atoms with Crippen molar-refractivity contribution in [2.24, 2.45) is 11.8 Å². The Morgan fingerprint density at radius 1 is 1.00 bits per heavy atom. The Kier molecular flexibility index (Phi) is 4.49. The average molecular weight is 209 g/mol. The van der Waals surface area contributed by atoms with Crippen molar-refractivity contribution in [1.29, 1.82) is 0 Å². The first kappa shape index (κ1) is 11.4. The lowest BCUT2D eigenvalue weighted by Gasteiger charge is -2.16. The smallest absolute Gasteiger partial charge is 0.00388 e. The fourth-order valence-electron chi connectivity index (χ4n) is 2.83. The van der Waals surface area contributed by atoms with Crippen molar-refractivity contribution in [3.63, 3.8) is 0 Å². The standard InChI is InChI=1S/C14H27N/c1-12(15-11-10-14-8-9-14)6-7-13-4-2-3-5-13/h12-15H,2-11H2,1H3. The van der Waals surface area contributed by atoms with Crippen LogP contribution >= 0.6 is 0 Å². The molecule has 1 atom stereocenters. The Morgan fingerprint density at radius 3 is 2.33 bits per heavy atom. The summed E-state index contributed by atoms with van der Waals surface area (Å²) >= 11 is 0. The summed E-state index contributed by atoms with van der Waals surface area (Å²) in [4.78, 5) is 0.